The van der Waals surface area contributed by atoms with Crippen molar-refractivity contribution in [3.05, 3.63) is 58.2 Å². The Kier molecular flexibility index (Phi) is 3.56. The Morgan fingerprint density at radius 2 is 1.89 bits per heavy atom. The molecule has 1 heterocycles. The van der Waals surface area contributed by atoms with Gasteiger partial charge in [-0.15, -0.1) is 0 Å². The second kappa shape index (κ2) is 5.00. The Balaban J connectivity index is 2.49. The van der Waals surface area contributed by atoms with Gasteiger partial charge in [0.05, 0.1) is 6.04 Å². The van der Waals surface area contributed by atoms with Crippen molar-refractivity contribution < 1.29 is 9.18 Å². The predicted octanol–water partition coefficient (Wildman–Crippen LogP) is 3.97. The number of carbonyl (C=O) groups excluding carboxylic acids is 1. The number of aryl methyl sites for hydroxylation is 2. The first-order valence-electron chi connectivity index (χ1n) is 6.35. The first-order chi connectivity index (χ1) is 8.95. The molecule has 0 N–H and O–H groups in total. The Morgan fingerprint density at radius 3 is 2.42 bits per heavy atom. The van der Waals surface area contributed by atoms with Gasteiger partial charge in [-0.3, -0.25) is 4.79 Å². The van der Waals surface area contributed by atoms with Crippen LogP contribution in [-0.2, 0) is 0 Å². The molecule has 0 spiro atoms. The Labute approximate surface area is 112 Å². The van der Waals surface area contributed by atoms with E-state index in [1.165, 1.54) is 0 Å². The van der Waals surface area contributed by atoms with Gasteiger partial charge in [-0.25, -0.2) is 4.39 Å². The molecule has 0 aliphatic rings. The van der Waals surface area contributed by atoms with Gasteiger partial charge < -0.3 is 4.57 Å². The summed E-state index contributed by atoms with van der Waals surface area (Å²) in [5.74, 6) is -0.192. The molecule has 1 atom stereocenters. The van der Waals surface area contributed by atoms with Crippen molar-refractivity contribution >= 4 is 6.29 Å². The lowest BCUT2D eigenvalue weighted by atomic mass is 10.1. The number of hydrogen-bond donors (Lipinski definition) is 0. The van der Waals surface area contributed by atoms with Crippen LogP contribution < -0.4 is 0 Å². The third-order valence-electron chi connectivity index (χ3n) is 3.72. The summed E-state index contributed by atoms with van der Waals surface area (Å²) in [7, 11) is 0. The molecular formula is C16H18FNO. The van der Waals surface area contributed by atoms with Gasteiger partial charge in [0.2, 0.25) is 0 Å². The van der Waals surface area contributed by atoms with Gasteiger partial charge >= 0.3 is 0 Å². The van der Waals surface area contributed by atoms with Crippen LogP contribution >= 0.6 is 0 Å². The summed E-state index contributed by atoms with van der Waals surface area (Å²) >= 11 is 0. The first kappa shape index (κ1) is 13.5. The Morgan fingerprint density at radius 1 is 1.21 bits per heavy atom. The first-order valence-corrected chi connectivity index (χ1v) is 6.35. The van der Waals surface area contributed by atoms with Gasteiger partial charge in [0.25, 0.3) is 0 Å². The van der Waals surface area contributed by atoms with Gasteiger partial charge in [-0.05, 0) is 51.0 Å². The van der Waals surface area contributed by atoms with Crippen LogP contribution in [-0.4, -0.2) is 10.9 Å². The summed E-state index contributed by atoms with van der Waals surface area (Å²) in [4.78, 5) is 11.0. The van der Waals surface area contributed by atoms with E-state index in [2.05, 4.69) is 4.57 Å². The largest absolute Gasteiger partial charge is 0.341 e. The SMILES string of the molecule is Cc1ccc(C(C)n2c(C)cc(C=O)c2C)cc1F. The fraction of sp³-hybridized carbons (Fsp3) is 0.312. The van der Waals surface area contributed by atoms with E-state index in [0.717, 1.165) is 23.2 Å². The third-order valence-corrected chi connectivity index (χ3v) is 3.72. The van der Waals surface area contributed by atoms with Crippen molar-refractivity contribution in [3.63, 3.8) is 0 Å². The Hall–Kier alpha value is -1.90. The molecule has 2 aromatic rings. The maximum atomic E-state index is 13.7. The molecular weight excluding hydrogens is 241 g/mol. The molecule has 1 aromatic carbocycles. The van der Waals surface area contributed by atoms with E-state index in [4.69, 9.17) is 0 Å². The average molecular weight is 259 g/mol. The van der Waals surface area contributed by atoms with Crippen LogP contribution in [0.1, 0.15) is 45.8 Å². The van der Waals surface area contributed by atoms with E-state index in [9.17, 15) is 9.18 Å². The van der Waals surface area contributed by atoms with Crippen LogP contribution in [0.5, 0.6) is 0 Å². The van der Waals surface area contributed by atoms with Crippen molar-refractivity contribution in [2.24, 2.45) is 0 Å². The minimum absolute atomic E-state index is 0.00352. The molecule has 0 aliphatic heterocycles. The number of hydrogen-bond acceptors (Lipinski definition) is 1. The molecule has 0 saturated heterocycles. The molecule has 19 heavy (non-hydrogen) atoms. The zero-order chi connectivity index (χ0) is 14.2. The molecule has 100 valence electrons. The number of aromatic nitrogens is 1. The molecule has 0 saturated carbocycles. The summed E-state index contributed by atoms with van der Waals surface area (Å²) in [6.45, 7) is 7.64. The van der Waals surface area contributed by atoms with Crippen molar-refractivity contribution in [1.82, 2.24) is 4.57 Å². The maximum Gasteiger partial charge on any atom is 0.151 e. The standard InChI is InChI=1S/C16H18FNO/c1-10-5-6-14(8-16(10)17)12(3)18-11(2)7-15(9-19)13(18)4/h5-9,12H,1-4H3. The number of nitrogens with zero attached hydrogens (tertiary/aromatic N) is 1. The average Bonchev–Trinajstić information content (AvgIpc) is 2.67. The van der Waals surface area contributed by atoms with Gasteiger partial charge in [0.15, 0.2) is 6.29 Å². The molecule has 1 unspecified atom stereocenters. The molecule has 2 nitrogen and oxygen atoms in total. The van der Waals surface area contributed by atoms with Gasteiger partial charge in [0, 0.05) is 17.0 Å². The molecule has 1 aromatic heterocycles. The van der Waals surface area contributed by atoms with Crippen molar-refractivity contribution in [1.29, 1.82) is 0 Å². The second-order valence-electron chi connectivity index (χ2n) is 5.00. The van der Waals surface area contributed by atoms with Crippen LogP contribution in [0.3, 0.4) is 0 Å². The number of benzene rings is 1. The highest BCUT2D eigenvalue weighted by Crippen LogP contribution is 2.25. The van der Waals surface area contributed by atoms with Crippen LogP contribution in [0.4, 0.5) is 4.39 Å². The van der Waals surface area contributed by atoms with Crippen molar-refractivity contribution in [2.75, 3.05) is 0 Å². The summed E-state index contributed by atoms with van der Waals surface area (Å²) in [5.41, 5.74) is 4.17. The number of aldehydes is 1. The highest BCUT2D eigenvalue weighted by Gasteiger charge is 2.16. The summed E-state index contributed by atoms with van der Waals surface area (Å²) in [6, 6.07) is 7.16. The van der Waals surface area contributed by atoms with E-state index in [0.29, 0.717) is 11.1 Å². The van der Waals surface area contributed by atoms with Crippen LogP contribution in [0.25, 0.3) is 0 Å². The quantitative estimate of drug-likeness (QED) is 0.764. The fourth-order valence-electron chi connectivity index (χ4n) is 2.54. The van der Waals surface area contributed by atoms with E-state index < -0.39 is 0 Å². The van der Waals surface area contributed by atoms with Gasteiger partial charge in [-0.2, -0.15) is 0 Å². The van der Waals surface area contributed by atoms with E-state index in [-0.39, 0.29) is 11.9 Å². The molecule has 0 amide bonds. The highest BCUT2D eigenvalue weighted by atomic mass is 19.1. The zero-order valence-corrected chi connectivity index (χ0v) is 11.7. The summed E-state index contributed by atoms with van der Waals surface area (Å²) in [6.07, 6.45) is 0.862. The molecule has 0 bridgehead atoms. The van der Waals surface area contributed by atoms with E-state index in [1.54, 1.807) is 19.1 Å². The van der Waals surface area contributed by atoms with E-state index in [1.807, 2.05) is 32.9 Å². The molecule has 0 fully saturated rings. The smallest absolute Gasteiger partial charge is 0.151 e. The third kappa shape index (κ3) is 2.33. The monoisotopic (exact) mass is 259 g/mol. The summed E-state index contributed by atoms with van der Waals surface area (Å²) < 4.78 is 15.7. The normalized spacial score (nSPS) is 12.5. The lowest BCUT2D eigenvalue weighted by Crippen LogP contribution is -2.10. The van der Waals surface area contributed by atoms with Crippen LogP contribution in [0.2, 0.25) is 0 Å². The minimum Gasteiger partial charge on any atom is -0.341 e. The molecule has 0 radical (unpaired) electrons. The van der Waals surface area contributed by atoms with Gasteiger partial charge in [0.1, 0.15) is 5.82 Å². The maximum absolute atomic E-state index is 13.7. The Bertz CT molecular complexity index is 628. The fourth-order valence-corrected chi connectivity index (χ4v) is 2.54. The van der Waals surface area contributed by atoms with E-state index >= 15 is 0 Å². The number of carbonyl (C=O) groups is 1. The predicted molar refractivity (Wildman–Crippen MR) is 74.2 cm³/mol. The lowest BCUT2D eigenvalue weighted by Gasteiger charge is -2.19. The molecule has 2 rings (SSSR count). The lowest BCUT2D eigenvalue weighted by molar-refractivity contribution is 0.112. The molecule has 3 heteroatoms. The zero-order valence-electron chi connectivity index (χ0n) is 11.7. The highest BCUT2D eigenvalue weighted by molar-refractivity contribution is 5.77. The van der Waals surface area contributed by atoms with Crippen LogP contribution in [0, 0.1) is 26.6 Å². The van der Waals surface area contributed by atoms with Gasteiger partial charge in [-0.1, -0.05) is 12.1 Å². The molecule has 0 aliphatic carbocycles. The number of rotatable bonds is 3. The second-order valence-corrected chi connectivity index (χ2v) is 5.00. The number of halogens is 1. The van der Waals surface area contributed by atoms with Crippen molar-refractivity contribution in [2.45, 2.75) is 33.7 Å². The summed E-state index contributed by atoms with van der Waals surface area (Å²) in [5, 5.41) is 0. The topological polar surface area (TPSA) is 22.0 Å². The van der Waals surface area contributed by atoms with Crippen molar-refractivity contribution in [3.8, 4) is 0 Å². The van der Waals surface area contributed by atoms with Crippen LogP contribution in [0.15, 0.2) is 24.3 Å². The minimum atomic E-state index is -0.192.